The van der Waals surface area contributed by atoms with Crippen molar-refractivity contribution in [2.45, 2.75) is 13.5 Å². The van der Waals surface area contributed by atoms with Gasteiger partial charge in [0.25, 0.3) is 0 Å². The Kier molecular flexibility index (Phi) is 4.00. The highest BCUT2D eigenvalue weighted by atomic mass is 19.1. The fourth-order valence-electron chi connectivity index (χ4n) is 1.84. The van der Waals surface area contributed by atoms with Crippen LogP contribution in [0.1, 0.15) is 11.1 Å². The van der Waals surface area contributed by atoms with E-state index in [1.165, 1.54) is 13.2 Å². The first kappa shape index (κ1) is 13.3. The molecule has 0 atom stereocenters. The molecule has 2 nitrogen and oxygen atoms in total. The van der Waals surface area contributed by atoms with E-state index in [1.54, 1.807) is 37.3 Å². The summed E-state index contributed by atoms with van der Waals surface area (Å²) in [5, 5.41) is 3.03. The largest absolute Gasteiger partial charge is 0.494 e. The molecule has 0 radical (unpaired) electrons. The molecule has 0 heterocycles. The van der Waals surface area contributed by atoms with E-state index in [0.29, 0.717) is 16.8 Å². The van der Waals surface area contributed by atoms with Crippen molar-refractivity contribution in [2.75, 3.05) is 12.4 Å². The molecule has 100 valence electrons. The summed E-state index contributed by atoms with van der Waals surface area (Å²) < 4.78 is 32.2. The molecular formula is C15H15F2NO. The summed E-state index contributed by atoms with van der Waals surface area (Å²) in [6.07, 6.45) is 0. The Morgan fingerprint density at radius 2 is 1.84 bits per heavy atom. The molecule has 0 saturated carbocycles. The Labute approximate surface area is 111 Å². The minimum absolute atomic E-state index is 0.204. The van der Waals surface area contributed by atoms with Gasteiger partial charge in [0.1, 0.15) is 5.82 Å². The standard InChI is InChI=1S/C15H15F2NO/c1-10-12(16)6-4-7-13(10)18-9-11-5-3-8-14(19-2)15(11)17/h3-8,18H,9H2,1-2H3. The lowest BCUT2D eigenvalue weighted by atomic mass is 10.1. The van der Waals surface area contributed by atoms with Crippen molar-refractivity contribution in [2.24, 2.45) is 0 Å². The second kappa shape index (κ2) is 5.69. The highest BCUT2D eigenvalue weighted by molar-refractivity contribution is 5.51. The Bertz CT molecular complexity index is 584. The summed E-state index contributed by atoms with van der Waals surface area (Å²) in [5.41, 5.74) is 1.65. The maximum absolute atomic E-state index is 13.9. The lowest BCUT2D eigenvalue weighted by Crippen LogP contribution is -2.04. The lowest BCUT2D eigenvalue weighted by Gasteiger charge is -2.12. The predicted octanol–water partition coefficient (Wildman–Crippen LogP) is 3.89. The van der Waals surface area contributed by atoms with Gasteiger partial charge in [0.2, 0.25) is 0 Å². The maximum atomic E-state index is 13.9. The zero-order valence-electron chi connectivity index (χ0n) is 10.8. The van der Waals surface area contributed by atoms with Gasteiger partial charge in [-0.1, -0.05) is 18.2 Å². The zero-order valence-corrected chi connectivity index (χ0v) is 10.8. The summed E-state index contributed by atoms with van der Waals surface area (Å²) >= 11 is 0. The van der Waals surface area contributed by atoms with Crippen molar-refractivity contribution in [3.05, 3.63) is 59.2 Å². The minimum Gasteiger partial charge on any atom is -0.494 e. The SMILES string of the molecule is COc1cccc(CNc2cccc(F)c2C)c1F. The van der Waals surface area contributed by atoms with E-state index >= 15 is 0 Å². The molecule has 0 aliphatic heterocycles. The Morgan fingerprint density at radius 3 is 2.58 bits per heavy atom. The van der Waals surface area contributed by atoms with Crippen molar-refractivity contribution in [3.63, 3.8) is 0 Å². The van der Waals surface area contributed by atoms with Crippen LogP contribution < -0.4 is 10.1 Å². The monoisotopic (exact) mass is 263 g/mol. The molecule has 4 heteroatoms. The highest BCUT2D eigenvalue weighted by Gasteiger charge is 2.09. The number of hydrogen-bond donors (Lipinski definition) is 1. The second-order valence-electron chi connectivity index (χ2n) is 4.20. The van der Waals surface area contributed by atoms with Crippen LogP contribution >= 0.6 is 0 Å². The van der Waals surface area contributed by atoms with Crippen molar-refractivity contribution < 1.29 is 13.5 Å². The van der Waals surface area contributed by atoms with Crippen LogP contribution in [0.5, 0.6) is 5.75 Å². The van der Waals surface area contributed by atoms with Crippen molar-refractivity contribution >= 4 is 5.69 Å². The smallest absolute Gasteiger partial charge is 0.170 e. The molecular weight excluding hydrogens is 248 g/mol. The number of rotatable bonds is 4. The van der Waals surface area contributed by atoms with Gasteiger partial charge >= 0.3 is 0 Å². The molecule has 1 N–H and O–H groups in total. The molecule has 0 aliphatic rings. The van der Waals surface area contributed by atoms with E-state index in [4.69, 9.17) is 4.74 Å². The molecule has 0 bridgehead atoms. The molecule has 0 spiro atoms. The third kappa shape index (κ3) is 2.84. The van der Waals surface area contributed by atoms with Gasteiger partial charge in [0.15, 0.2) is 11.6 Å². The average Bonchev–Trinajstić information content (AvgIpc) is 2.42. The van der Waals surface area contributed by atoms with Crippen molar-refractivity contribution in [1.82, 2.24) is 0 Å². The van der Waals surface area contributed by atoms with E-state index in [-0.39, 0.29) is 18.1 Å². The third-order valence-corrected chi connectivity index (χ3v) is 3.00. The lowest BCUT2D eigenvalue weighted by molar-refractivity contribution is 0.384. The number of benzene rings is 2. The summed E-state index contributed by atoms with van der Waals surface area (Å²) in [4.78, 5) is 0. The Morgan fingerprint density at radius 1 is 1.11 bits per heavy atom. The Balaban J connectivity index is 2.17. The first-order chi connectivity index (χ1) is 9.13. The zero-order chi connectivity index (χ0) is 13.8. The number of halogens is 2. The van der Waals surface area contributed by atoms with Crippen LogP contribution in [0.3, 0.4) is 0 Å². The van der Waals surface area contributed by atoms with E-state index in [1.807, 2.05) is 0 Å². The van der Waals surface area contributed by atoms with Crippen LogP contribution in [0, 0.1) is 18.6 Å². The molecule has 0 amide bonds. The molecule has 0 aromatic heterocycles. The normalized spacial score (nSPS) is 10.3. The molecule has 2 rings (SSSR count). The summed E-state index contributed by atoms with van der Waals surface area (Å²) in [6.45, 7) is 1.95. The van der Waals surface area contributed by atoms with E-state index in [9.17, 15) is 8.78 Å². The second-order valence-corrected chi connectivity index (χ2v) is 4.20. The first-order valence-electron chi connectivity index (χ1n) is 5.94. The first-order valence-corrected chi connectivity index (χ1v) is 5.94. The van der Waals surface area contributed by atoms with Gasteiger partial charge < -0.3 is 10.1 Å². The minimum atomic E-state index is -0.397. The highest BCUT2D eigenvalue weighted by Crippen LogP contribution is 2.22. The maximum Gasteiger partial charge on any atom is 0.170 e. The van der Waals surface area contributed by atoms with Crippen LogP contribution in [0.25, 0.3) is 0 Å². The summed E-state index contributed by atoms with van der Waals surface area (Å²) in [7, 11) is 1.42. The number of ether oxygens (including phenoxy) is 1. The number of nitrogens with one attached hydrogen (secondary N) is 1. The van der Waals surface area contributed by atoms with E-state index in [2.05, 4.69) is 5.32 Å². The van der Waals surface area contributed by atoms with Gasteiger partial charge in [-0.25, -0.2) is 8.78 Å². The Hall–Kier alpha value is -2.10. The van der Waals surface area contributed by atoms with Gasteiger partial charge in [-0.05, 0) is 25.1 Å². The molecule has 0 unspecified atom stereocenters. The number of hydrogen-bond acceptors (Lipinski definition) is 2. The van der Waals surface area contributed by atoms with Crippen LogP contribution in [0.15, 0.2) is 36.4 Å². The van der Waals surface area contributed by atoms with Crippen LogP contribution in [-0.2, 0) is 6.54 Å². The quantitative estimate of drug-likeness (QED) is 0.903. The fourth-order valence-corrected chi connectivity index (χ4v) is 1.84. The summed E-state index contributed by atoms with van der Waals surface area (Å²) in [5.74, 6) is -0.474. The third-order valence-electron chi connectivity index (χ3n) is 3.00. The van der Waals surface area contributed by atoms with Gasteiger partial charge in [0, 0.05) is 23.4 Å². The van der Waals surface area contributed by atoms with Gasteiger partial charge in [-0.3, -0.25) is 0 Å². The molecule has 19 heavy (non-hydrogen) atoms. The fraction of sp³-hybridized carbons (Fsp3) is 0.200. The topological polar surface area (TPSA) is 21.3 Å². The van der Waals surface area contributed by atoms with Gasteiger partial charge in [0.05, 0.1) is 7.11 Å². The van der Waals surface area contributed by atoms with E-state index in [0.717, 1.165) is 0 Å². The van der Waals surface area contributed by atoms with Gasteiger partial charge in [-0.2, -0.15) is 0 Å². The van der Waals surface area contributed by atoms with Crippen LogP contribution in [-0.4, -0.2) is 7.11 Å². The summed E-state index contributed by atoms with van der Waals surface area (Å²) in [6, 6.07) is 9.72. The van der Waals surface area contributed by atoms with E-state index < -0.39 is 5.82 Å². The number of anilines is 1. The predicted molar refractivity (Wildman–Crippen MR) is 71.4 cm³/mol. The molecule has 0 fully saturated rings. The van der Waals surface area contributed by atoms with Crippen molar-refractivity contribution in [1.29, 1.82) is 0 Å². The van der Waals surface area contributed by atoms with Crippen LogP contribution in [0.2, 0.25) is 0 Å². The van der Waals surface area contributed by atoms with Crippen LogP contribution in [0.4, 0.5) is 14.5 Å². The van der Waals surface area contributed by atoms with Gasteiger partial charge in [-0.15, -0.1) is 0 Å². The number of methoxy groups -OCH3 is 1. The molecule has 2 aromatic rings. The average molecular weight is 263 g/mol. The van der Waals surface area contributed by atoms with Crippen molar-refractivity contribution in [3.8, 4) is 5.75 Å². The molecule has 2 aromatic carbocycles. The molecule has 0 saturated heterocycles. The molecule has 0 aliphatic carbocycles.